The summed E-state index contributed by atoms with van der Waals surface area (Å²) in [5, 5.41) is 6.87. The van der Waals surface area contributed by atoms with Crippen molar-refractivity contribution in [3.63, 3.8) is 0 Å². The lowest BCUT2D eigenvalue weighted by Crippen LogP contribution is -2.45. The van der Waals surface area contributed by atoms with E-state index in [0.717, 1.165) is 38.6 Å². The lowest BCUT2D eigenvalue weighted by atomic mass is 9.77. The van der Waals surface area contributed by atoms with E-state index in [0.29, 0.717) is 11.8 Å². The van der Waals surface area contributed by atoms with Gasteiger partial charge in [-0.15, -0.1) is 11.3 Å². The molecule has 2 aliphatic rings. The van der Waals surface area contributed by atoms with Crippen LogP contribution in [0.1, 0.15) is 62.3 Å². The van der Waals surface area contributed by atoms with Crippen LogP contribution in [-0.2, 0) is 24.2 Å². The fourth-order valence-electron chi connectivity index (χ4n) is 4.02. The van der Waals surface area contributed by atoms with E-state index in [2.05, 4.69) is 37.5 Å². The van der Waals surface area contributed by atoms with Gasteiger partial charge in [-0.05, 0) is 49.7 Å². The van der Waals surface area contributed by atoms with E-state index in [4.69, 9.17) is 4.99 Å². The zero-order valence-corrected chi connectivity index (χ0v) is 18.0. The Hall–Kier alpha value is -1.56. The van der Waals surface area contributed by atoms with E-state index in [1.54, 1.807) is 4.88 Å². The van der Waals surface area contributed by atoms with Gasteiger partial charge in [-0.3, -0.25) is 4.79 Å². The highest BCUT2D eigenvalue weighted by Gasteiger charge is 2.27. The second-order valence-electron chi connectivity index (χ2n) is 8.52. The van der Waals surface area contributed by atoms with Crippen LogP contribution < -0.4 is 10.6 Å². The Bertz CT molecular complexity index is 694. The number of hydrogen-bond donors (Lipinski definition) is 2. The van der Waals surface area contributed by atoms with Crippen molar-refractivity contribution in [1.82, 2.24) is 15.5 Å². The smallest absolute Gasteiger partial charge is 0.222 e. The molecule has 1 fully saturated rings. The molecular weight excluding hydrogens is 356 g/mol. The van der Waals surface area contributed by atoms with Crippen molar-refractivity contribution in [3.05, 3.63) is 21.4 Å². The van der Waals surface area contributed by atoms with Crippen molar-refractivity contribution in [2.24, 2.45) is 10.4 Å². The molecule has 1 aromatic rings. The first-order valence-corrected chi connectivity index (χ1v) is 11.1. The maximum Gasteiger partial charge on any atom is 0.222 e. The first-order chi connectivity index (χ1) is 12.9. The maximum absolute atomic E-state index is 11.9. The van der Waals surface area contributed by atoms with E-state index in [-0.39, 0.29) is 11.9 Å². The Morgan fingerprint density at radius 1 is 1.41 bits per heavy atom. The highest BCUT2D eigenvalue weighted by Crippen LogP contribution is 2.38. The lowest BCUT2D eigenvalue weighted by Gasteiger charge is -2.29. The predicted molar refractivity (Wildman–Crippen MR) is 113 cm³/mol. The summed E-state index contributed by atoms with van der Waals surface area (Å²) in [6.07, 6.45) is 5.24. The molecule has 0 saturated carbocycles. The summed E-state index contributed by atoms with van der Waals surface area (Å²) in [6.45, 7) is 11.9. The molecule has 150 valence electrons. The van der Waals surface area contributed by atoms with Gasteiger partial charge in [0, 0.05) is 41.9 Å². The average molecular weight is 391 g/mol. The van der Waals surface area contributed by atoms with Gasteiger partial charge in [0.1, 0.15) is 0 Å². The van der Waals surface area contributed by atoms with Crippen molar-refractivity contribution < 1.29 is 4.79 Å². The molecule has 1 unspecified atom stereocenters. The number of aryl methyl sites for hydroxylation is 1. The molecule has 6 heteroatoms. The monoisotopic (exact) mass is 390 g/mol. The molecule has 1 atom stereocenters. The zero-order chi connectivity index (χ0) is 19.4. The predicted octanol–water partition coefficient (Wildman–Crippen LogP) is 3.33. The number of rotatable bonds is 5. The van der Waals surface area contributed by atoms with E-state index < -0.39 is 0 Å². The van der Waals surface area contributed by atoms with Crippen LogP contribution in [-0.4, -0.2) is 42.4 Å². The quantitative estimate of drug-likeness (QED) is 0.599. The number of fused-ring (bicyclic) bond motifs is 1. The summed E-state index contributed by atoms with van der Waals surface area (Å²) in [5.41, 5.74) is 1.96. The Balaban J connectivity index is 1.60. The van der Waals surface area contributed by atoms with Gasteiger partial charge in [-0.25, -0.2) is 4.99 Å². The van der Waals surface area contributed by atoms with Gasteiger partial charge in [-0.2, -0.15) is 0 Å². The zero-order valence-electron chi connectivity index (χ0n) is 17.2. The minimum Gasteiger partial charge on any atom is -0.357 e. The number of guanidine groups is 1. The lowest BCUT2D eigenvalue weighted by molar-refractivity contribution is -0.129. The molecule has 2 heterocycles. The number of aliphatic imine (C=N–C) groups is 1. The van der Waals surface area contributed by atoms with Crippen LogP contribution in [0.4, 0.5) is 0 Å². The number of nitrogens with one attached hydrogen (secondary N) is 2. The number of hydrogen-bond acceptors (Lipinski definition) is 3. The van der Waals surface area contributed by atoms with Gasteiger partial charge < -0.3 is 15.5 Å². The summed E-state index contributed by atoms with van der Waals surface area (Å²) < 4.78 is 0. The first kappa shape index (κ1) is 20.2. The van der Waals surface area contributed by atoms with E-state index in [1.165, 1.54) is 29.7 Å². The van der Waals surface area contributed by atoms with Crippen LogP contribution >= 0.6 is 11.3 Å². The molecular formula is C21H34N4OS. The van der Waals surface area contributed by atoms with E-state index in [1.807, 2.05) is 23.2 Å². The number of nitrogens with zero attached hydrogens (tertiary/aromatic N) is 2. The molecule has 0 bridgehead atoms. The topological polar surface area (TPSA) is 56.7 Å². The molecule has 1 aromatic heterocycles. The van der Waals surface area contributed by atoms with Crippen molar-refractivity contribution in [1.29, 1.82) is 0 Å². The first-order valence-electron chi connectivity index (χ1n) is 10.3. The summed E-state index contributed by atoms with van der Waals surface area (Å²) in [4.78, 5) is 21.6. The number of amides is 1. The molecule has 1 saturated heterocycles. The largest absolute Gasteiger partial charge is 0.357 e. The molecule has 1 aliphatic carbocycles. The second kappa shape index (κ2) is 8.63. The van der Waals surface area contributed by atoms with Crippen molar-refractivity contribution in [2.75, 3.05) is 19.6 Å². The molecule has 2 N–H and O–H groups in total. The fourth-order valence-corrected chi connectivity index (χ4v) is 5.13. The molecule has 3 rings (SSSR count). The van der Waals surface area contributed by atoms with Crippen LogP contribution in [0.3, 0.4) is 0 Å². The van der Waals surface area contributed by atoms with E-state index in [9.17, 15) is 4.79 Å². The third-order valence-corrected chi connectivity index (χ3v) is 6.79. The van der Waals surface area contributed by atoms with Gasteiger partial charge in [-0.1, -0.05) is 20.8 Å². The SMILES string of the molecule is CCNC(=NCc1cc2c(s1)CCC(C)(C)C2)NC1CCN(C(=O)CC)C1. The number of likely N-dealkylation sites (tertiary alicyclic amines) is 1. The van der Waals surface area contributed by atoms with E-state index >= 15 is 0 Å². The van der Waals surface area contributed by atoms with Gasteiger partial charge in [0.05, 0.1) is 6.54 Å². The van der Waals surface area contributed by atoms with Crippen LogP contribution in [0.25, 0.3) is 0 Å². The van der Waals surface area contributed by atoms with Gasteiger partial charge in [0.2, 0.25) is 5.91 Å². The molecule has 0 spiro atoms. The second-order valence-corrected chi connectivity index (χ2v) is 9.74. The summed E-state index contributed by atoms with van der Waals surface area (Å²) in [7, 11) is 0. The highest BCUT2D eigenvalue weighted by atomic mass is 32.1. The van der Waals surface area contributed by atoms with Crippen molar-refractivity contribution >= 4 is 23.2 Å². The Labute approximate surface area is 167 Å². The normalized spacial score (nSPS) is 21.9. The summed E-state index contributed by atoms with van der Waals surface area (Å²) >= 11 is 1.93. The summed E-state index contributed by atoms with van der Waals surface area (Å²) in [6, 6.07) is 2.65. The third-order valence-electron chi connectivity index (χ3n) is 5.57. The Morgan fingerprint density at radius 2 is 2.22 bits per heavy atom. The number of carbonyl (C=O) groups excluding carboxylic acids is 1. The molecule has 5 nitrogen and oxygen atoms in total. The highest BCUT2D eigenvalue weighted by molar-refractivity contribution is 7.12. The number of thiophene rings is 1. The van der Waals surface area contributed by atoms with Crippen LogP contribution in [0.15, 0.2) is 11.1 Å². The number of carbonyl (C=O) groups is 1. The van der Waals surface area contributed by atoms with Crippen LogP contribution in [0, 0.1) is 5.41 Å². The molecule has 1 amide bonds. The van der Waals surface area contributed by atoms with Crippen LogP contribution in [0.5, 0.6) is 0 Å². The average Bonchev–Trinajstić information content (AvgIpc) is 3.24. The van der Waals surface area contributed by atoms with Gasteiger partial charge in [0.15, 0.2) is 5.96 Å². The molecule has 27 heavy (non-hydrogen) atoms. The minimum atomic E-state index is 0.244. The standard InChI is InChI=1S/C21H34N4OS/c1-5-19(26)25-10-8-16(14-25)24-20(22-6-2)23-13-17-11-15-12-21(3,4)9-7-18(15)27-17/h11,16H,5-10,12-14H2,1-4H3,(H2,22,23,24). The van der Waals surface area contributed by atoms with Crippen molar-refractivity contribution in [2.45, 2.75) is 72.4 Å². The molecule has 1 aliphatic heterocycles. The van der Waals surface area contributed by atoms with Crippen molar-refractivity contribution in [3.8, 4) is 0 Å². The Morgan fingerprint density at radius 3 is 2.96 bits per heavy atom. The Kier molecular flexibility index (Phi) is 6.45. The minimum absolute atomic E-state index is 0.244. The third kappa shape index (κ3) is 5.24. The fraction of sp³-hybridized carbons (Fsp3) is 0.714. The maximum atomic E-state index is 11.9. The van der Waals surface area contributed by atoms with Gasteiger partial charge >= 0.3 is 0 Å². The summed E-state index contributed by atoms with van der Waals surface area (Å²) in [5.74, 6) is 1.10. The molecule has 0 radical (unpaired) electrons. The molecule has 0 aromatic carbocycles. The van der Waals surface area contributed by atoms with Gasteiger partial charge in [0.25, 0.3) is 0 Å². The van der Waals surface area contributed by atoms with Crippen LogP contribution in [0.2, 0.25) is 0 Å².